The van der Waals surface area contributed by atoms with Crippen LogP contribution in [0.4, 0.5) is 0 Å². The van der Waals surface area contributed by atoms with Crippen LogP contribution < -0.4 is 4.74 Å². The van der Waals surface area contributed by atoms with Gasteiger partial charge < -0.3 is 9.64 Å². The summed E-state index contributed by atoms with van der Waals surface area (Å²) >= 11 is 0. The van der Waals surface area contributed by atoms with Crippen molar-refractivity contribution in [1.29, 1.82) is 0 Å². The lowest BCUT2D eigenvalue weighted by Crippen LogP contribution is -2.38. The Labute approximate surface area is 191 Å². The molecule has 0 unspecified atom stereocenters. The first kappa shape index (κ1) is 22.1. The molecular weight excluding hydrogens is 396 g/mol. The molecule has 1 heterocycles. The number of amides is 1. The van der Waals surface area contributed by atoms with Crippen molar-refractivity contribution >= 4 is 5.91 Å². The summed E-state index contributed by atoms with van der Waals surface area (Å²) in [4.78, 5) is 16.7. The lowest BCUT2D eigenvalue weighted by molar-refractivity contribution is -0.136. The summed E-state index contributed by atoms with van der Waals surface area (Å²) < 4.78 is 6.09. The van der Waals surface area contributed by atoms with Crippen molar-refractivity contribution in [1.82, 2.24) is 9.80 Å². The molecule has 4 nitrogen and oxygen atoms in total. The van der Waals surface area contributed by atoms with Gasteiger partial charge in [0.2, 0.25) is 0 Å². The average Bonchev–Trinajstić information content (AvgIpc) is 2.84. The Balaban J connectivity index is 1.66. The fourth-order valence-electron chi connectivity index (χ4n) is 4.45. The number of carbonyl (C=O) groups excluding carboxylic acids is 1. The van der Waals surface area contributed by atoms with E-state index in [-0.39, 0.29) is 11.9 Å². The van der Waals surface area contributed by atoms with Gasteiger partial charge in [0.25, 0.3) is 5.91 Å². The zero-order valence-electron chi connectivity index (χ0n) is 19.2. The normalized spacial score (nSPS) is 16.8. The monoisotopic (exact) mass is 428 g/mol. The maximum atomic E-state index is 12.5. The number of carbonyl (C=O) groups is 1. The molecule has 166 valence electrons. The Morgan fingerprint density at radius 2 is 1.75 bits per heavy atom. The molecule has 4 rings (SSSR count). The van der Waals surface area contributed by atoms with E-state index in [0.717, 1.165) is 25.3 Å². The van der Waals surface area contributed by atoms with Gasteiger partial charge in [0.05, 0.1) is 6.04 Å². The molecule has 32 heavy (non-hydrogen) atoms. The Kier molecular flexibility index (Phi) is 6.91. The van der Waals surface area contributed by atoms with Crippen molar-refractivity contribution < 1.29 is 9.53 Å². The molecule has 1 aliphatic heterocycles. The molecule has 0 bridgehead atoms. The van der Waals surface area contributed by atoms with Crippen molar-refractivity contribution in [3.63, 3.8) is 0 Å². The number of rotatable bonds is 7. The van der Waals surface area contributed by atoms with Crippen LogP contribution in [0.5, 0.6) is 5.75 Å². The fraction of sp³-hybridized carbons (Fsp3) is 0.321. The number of benzene rings is 3. The van der Waals surface area contributed by atoms with Crippen molar-refractivity contribution in [3.05, 3.63) is 101 Å². The number of fused-ring (bicyclic) bond motifs is 1. The van der Waals surface area contributed by atoms with Gasteiger partial charge in [-0.05, 0) is 54.7 Å². The summed E-state index contributed by atoms with van der Waals surface area (Å²) in [5.41, 5.74) is 5.20. The molecule has 3 aromatic carbocycles. The van der Waals surface area contributed by atoms with Crippen LogP contribution in [0.2, 0.25) is 0 Å². The maximum Gasteiger partial charge on any atom is 0.263 e. The van der Waals surface area contributed by atoms with E-state index in [2.05, 4.69) is 77.7 Å². The molecule has 0 aromatic heterocycles. The first-order valence-electron chi connectivity index (χ1n) is 11.4. The third-order valence-corrected chi connectivity index (χ3v) is 6.30. The van der Waals surface area contributed by atoms with Crippen LogP contribution in [0, 0.1) is 0 Å². The van der Waals surface area contributed by atoms with E-state index in [1.807, 2.05) is 27.0 Å². The quantitative estimate of drug-likeness (QED) is 0.526. The average molecular weight is 429 g/mol. The zero-order valence-corrected chi connectivity index (χ0v) is 19.2. The van der Waals surface area contributed by atoms with Gasteiger partial charge in [-0.25, -0.2) is 0 Å². The number of hydrogen-bond acceptors (Lipinski definition) is 3. The van der Waals surface area contributed by atoms with Crippen LogP contribution in [0.15, 0.2) is 78.9 Å². The van der Waals surface area contributed by atoms with Gasteiger partial charge in [-0.1, -0.05) is 66.7 Å². The highest BCUT2D eigenvalue weighted by atomic mass is 16.5. The molecule has 2 atom stereocenters. The van der Waals surface area contributed by atoms with Crippen LogP contribution in [0.1, 0.15) is 42.1 Å². The van der Waals surface area contributed by atoms with Crippen LogP contribution in [-0.2, 0) is 17.8 Å². The van der Waals surface area contributed by atoms with Gasteiger partial charge in [0.1, 0.15) is 5.75 Å². The summed E-state index contributed by atoms with van der Waals surface area (Å²) in [6, 6.07) is 27.8. The molecular formula is C28H32N2O2. The molecule has 0 N–H and O–H groups in total. The first-order chi connectivity index (χ1) is 15.6. The fourth-order valence-corrected chi connectivity index (χ4v) is 4.45. The van der Waals surface area contributed by atoms with Crippen molar-refractivity contribution in [2.45, 2.75) is 39.0 Å². The van der Waals surface area contributed by atoms with Crippen molar-refractivity contribution in [3.8, 4) is 5.75 Å². The lowest BCUT2D eigenvalue weighted by Gasteiger charge is -2.38. The Hall–Kier alpha value is -3.11. The molecule has 0 radical (unpaired) electrons. The van der Waals surface area contributed by atoms with E-state index in [1.165, 1.54) is 22.3 Å². The third-order valence-electron chi connectivity index (χ3n) is 6.30. The predicted octanol–water partition coefficient (Wildman–Crippen LogP) is 5.08. The predicted molar refractivity (Wildman–Crippen MR) is 129 cm³/mol. The van der Waals surface area contributed by atoms with Crippen LogP contribution >= 0.6 is 0 Å². The Morgan fingerprint density at radius 3 is 2.44 bits per heavy atom. The third kappa shape index (κ3) is 4.86. The first-order valence-corrected chi connectivity index (χ1v) is 11.4. The Bertz CT molecular complexity index is 1040. The maximum absolute atomic E-state index is 12.5. The molecule has 0 aliphatic carbocycles. The van der Waals surface area contributed by atoms with E-state index in [1.54, 1.807) is 4.90 Å². The molecule has 0 saturated carbocycles. The van der Waals surface area contributed by atoms with Crippen LogP contribution in [-0.4, -0.2) is 41.9 Å². The molecule has 0 saturated heterocycles. The summed E-state index contributed by atoms with van der Waals surface area (Å²) in [7, 11) is 1.81. The van der Waals surface area contributed by atoms with E-state index in [9.17, 15) is 4.79 Å². The highest BCUT2D eigenvalue weighted by molar-refractivity contribution is 5.80. The number of likely N-dealkylation sites (N-methyl/N-ethyl adjacent to an activating group) is 1. The van der Waals surface area contributed by atoms with E-state index < -0.39 is 6.10 Å². The molecule has 1 amide bonds. The molecule has 4 heteroatoms. The summed E-state index contributed by atoms with van der Waals surface area (Å²) in [5, 5.41) is 0. The number of nitrogens with zero attached hydrogens (tertiary/aromatic N) is 2. The topological polar surface area (TPSA) is 32.8 Å². The summed E-state index contributed by atoms with van der Waals surface area (Å²) in [6.07, 6.45) is 0.482. The second-order valence-electron chi connectivity index (χ2n) is 8.49. The standard InChI is InChI=1S/C28H32N2O2/c1-4-29(3)28(31)21(2)32-25-16-15-23-17-18-30(20-22-11-7-5-8-12-22)27(26(23)19-25)24-13-9-6-10-14-24/h5-16,19,21,27H,4,17-18,20H2,1-3H3/t21-,27+/m0/s1. The minimum absolute atomic E-state index is 0.00414. The Morgan fingerprint density at radius 1 is 1.06 bits per heavy atom. The van der Waals surface area contributed by atoms with Crippen molar-refractivity contribution in [2.75, 3.05) is 20.1 Å². The van der Waals surface area contributed by atoms with E-state index in [4.69, 9.17) is 4.74 Å². The van der Waals surface area contributed by atoms with Gasteiger partial charge in [0.15, 0.2) is 6.10 Å². The smallest absolute Gasteiger partial charge is 0.263 e. The molecule has 0 spiro atoms. The van der Waals surface area contributed by atoms with E-state index in [0.29, 0.717) is 6.54 Å². The van der Waals surface area contributed by atoms with Gasteiger partial charge in [0, 0.05) is 26.7 Å². The second kappa shape index (κ2) is 10.0. The van der Waals surface area contributed by atoms with Crippen molar-refractivity contribution in [2.24, 2.45) is 0 Å². The highest BCUT2D eigenvalue weighted by Gasteiger charge is 2.29. The number of hydrogen-bond donors (Lipinski definition) is 0. The SMILES string of the molecule is CCN(C)C(=O)[C@H](C)Oc1ccc2c(c1)[C@@H](c1ccccc1)N(Cc1ccccc1)CC2. The van der Waals surface area contributed by atoms with Crippen LogP contribution in [0.3, 0.4) is 0 Å². The minimum atomic E-state index is -0.516. The highest BCUT2D eigenvalue weighted by Crippen LogP contribution is 2.38. The summed E-state index contributed by atoms with van der Waals surface area (Å²) in [5.74, 6) is 0.743. The molecule has 1 aliphatic rings. The van der Waals surface area contributed by atoms with Gasteiger partial charge in [-0.3, -0.25) is 9.69 Å². The van der Waals surface area contributed by atoms with Gasteiger partial charge >= 0.3 is 0 Å². The van der Waals surface area contributed by atoms with E-state index >= 15 is 0 Å². The molecule has 0 fully saturated rings. The molecule has 3 aromatic rings. The largest absolute Gasteiger partial charge is 0.481 e. The number of ether oxygens (including phenoxy) is 1. The van der Waals surface area contributed by atoms with Gasteiger partial charge in [-0.2, -0.15) is 0 Å². The lowest BCUT2D eigenvalue weighted by atomic mass is 9.87. The zero-order chi connectivity index (χ0) is 22.5. The van der Waals surface area contributed by atoms with Gasteiger partial charge in [-0.15, -0.1) is 0 Å². The second-order valence-corrected chi connectivity index (χ2v) is 8.49. The van der Waals surface area contributed by atoms with Crippen LogP contribution in [0.25, 0.3) is 0 Å². The minimum Gasteiger partial charge on any atom is -0.481 e. The summed E-state index contributed by atoms with van der Waals surface area (Å²) in [6.45, 7) is 6.35.